The quantitative estimate of drug-likeness (QED) is 0.364. The zero-order chi connectivity index (χ0) is 27.8. The van der Waals surface area contributed by atoms with Crippen molar-refractivity contribution in [1.82, 2.24) is 15.2 Å². The van der Waals surface area contributed by atoms with E-state index in [9.17, 15) is 9.59 Å². The molecule has 0 amide bonds. The minimum atomic E-state index is -0.642. The number of aromatic nitrogens is 1. The molecule has 1 aliphatic rings. The zero-order valence-electron chi connectivity index (χ0n) is 22.9. The van der Waals surface area contributed by atoms with Gasteiger partial charge in [-0.3, -0.25) is 9.88 Å². The number of esters is 2. The number of likely N-dealkylation sites (N-methyl/N-ethyl adjacent to an activating group) is 1. The first kappa shape index (κ1) is 27.8. The van der Waals surface area contributed by atoms with E-state index in [0.717, 1.165) is 23.2 Å². The lowest BCUT2D eigenvalue weighted by Gasteiger charge is -2.31. The maximum Gasteiger partial charge on any atom is 0.336 e. The summed E-state index contributed by atoms with van der Waals surface area (Å²) in [6.45, 7) is 7.20. The molecule has 0 aliphatic carbocycles. The predicted molar refractivity (Wildman–Crippen MR) is 151 cm³/mol. The van der Waals surface area contributed by atoms with Crippen molar-refractivity contribution >= 4 is 11.9 Å². The molecule has 7 nitrogen and oxygen atoms in total. The van der Waals surface area contributed by atoms with Crippen LogP contribution in [0.4, 0.5) is 0 Å². The molecule has 1 aliphatic heterocycles. The highest BCUT2D eigenvalue weighted by molar-refractivity contribution is 6.00. The third-order valence-corrected chi connectivity index (χ3v) is 6.69. The predicted octanol–water partition coefficient (Wildman–Crippen LogP) is 5.22. The molecule has 0 fully saturated rings. The molecule has 0 saturated carbocycles. The molecule has 3 aromatic rings. The standard InChI is InChI=1S/C32H35N3O4/c1-5-38-31(36)28-22(2)34-23(3)29(32(37)39-18-17-35(4)21-24-11-7-6-8-12-24)30(28)26-14-9-13-25(19-26)27-15-10-16-33-20-27/h6-16,19-20,30,34H,5,17-18,21H2,1-4H3. The fraction of sp³-hybridized carbons (Fsp3) is 0.281. The number of dihydropyridines is 1. The molecular weight excluding hydrogens is 490 g/mol. The van der Waals surface area contributed by atoms with E-state index in [1.54, 1.807) is 19.3 Å². The summed E-state index contributed by atoms with van der Waals surface area (Å²) in [5.74, 6) is -1.56. The number of hydrogen-bond donors (Lipinski definition) is 1. The van der Waals surface area contributed by atoms with Gasteiger partial charge < -0.3 is 14.8 Å². The van der Waals surface area contributed by atoms with Crippen molar-refractivity contribution in [1.29, 1.82) is 0 Å². The molecule has 0 spiro atoms. The van der Waals surface area contributed by atoms with Crippen molar-refractivity contribution in [3.63, 3.8) is 0 Å². The smallest absolute Gasteiger partial charge is 0.336 e. The van der Waals surface area contributed by atoms with Gasteiger partial charge in [-0.05, 0) is 56.1 Å². The van der Waals surface area contributed by atoms with Crippen LogP contribution in [0.1, 0.15) is 37.8 Å². The van der Waals surface area contributed by atoms with Crippen LogP contribution in [0, 0.1) is 0 Å². The van der Waals surface area contributed by atoms with Gasteiger partial charge in [-0.15, -0.1) is 0 Å². The number of hydrogen-bond acceptors (Lipinski definition) is 7. The summed E-state index contributed by atoms with van der Waals surface area (Å²) in [5.41, 5.74) is 5.98. The number of ether oxygens (including phenoxy) is 2. The van der Waals surface area contributed by atoms with Crippen molar-refractivity contribution < 1.29 is 19.1 Å². The molecular formula is C32H35N3O4. The Labute approximate surface area is 230 Å². The second-order valence-electron chi connectivity index (χ2n) is 9.58. The maximum atomic E-state index is 13.6. The molecule has 0 saturated heterocycles. The molecule has 4 rings (SSSR count). The van der Waals surface area contributed by atoms with E-state index in [1.165, 1.54) is 5.56 Å². The van der Waals surface area contributed by atoms with Crippen molar-refractivity contribution in [3.8, 4) is 11.1 Å². The number of carbonyl (C=O) groups excluding carboxylic acids is 2. The fourth-order valence-corrected chi connectivity index (χ4v) is 4.85. The van der Waals surface area contributed by atoms with E-state index < -0.39 is 17.9 Å². The van der Waals surface area contributed by atoms with Crippen LogP contribution in [0.2, 0.25) is 0 Å². The number of nitrogens with one attached hydrogen (secondary N) is 1. The maximum absolute atomic E-state index is 13.6. The Bertz CT molecular complexity index is 1370. The minimum Gasteiger partial charge on any atom is -0.463 e. The largest absolute Gasteiger partial charge is 0.463 e. The van der Waals surface area contributed by atoms with Crippen molar-refractivity contribution in [2.75, 3.05) is 26.8 Å². The van der Waals surface area contributed by atoms with Crippen LogP contribution in [0.15, 0.2) is 102 Å². The van der Waals surface area contributed by atoms with Gasteiger partial charge in [0.1, 0.15) is 6.61 Å². The van der Waals surface area contributed by atoms with Gasteiger partial charge in [0.05, 0.1) is 23.7 Å². The number of benzene rings is 2. The normalized spacial score (nSPS) is 15.3. The highest BCUT2D eigenvalue weighted by Crippen LogP contribution is 2.40. The van der Waals surface area contributed by atoms with E-state index in [1.807, 2.05) is 75.5 Å². The third kappa shape index (κ3) is 6.81. The van der Waals surface area contributed by atoms with Crippen LogP contribution >= 0.6 is 0 Å². The monoisotopic (exact) mass is 525 g/mol. The van der Waals surface area contributed by atoms with Crippen LogP contribution in [0.3, 0.4) is 0 Å². The molecule has 0 radical (unpaired) electrons. The average Bonchev–Trinajstić information content (AvgIpc) is 2.93. The van der Waals surface area contributed by atoms with Crippen molar-refractivity contribution in [3.05, 3.63) is 113 Å². The summed E-state index contributed by atoms with van der Waals surface area (Å²) in [6.07, 6.45) is 3.51. The van der Waals surface area contributed by atoms with Crippen LogP contribution in [0.25, 0.3) is 11.1 Å². The van der Waals surface area contributed by atoms with Gasteiger partial charge >= 0.3 is 11.9 Å². The lowest BCUT2D eigenvalue weighted by Crippen LogP contribution is -2.33. The highest BCUT2D eigenvalue weighted by Gasteiger charge is 2.38. The Morgan fingerprint density at radius 2 is 1.59 bits per heavy atom. The lowest BCUT2D eigenvalue weighted by molar-refractivity contribution is -0.140. The number of carbonyl (C=O) groups is 2. The highest BCUT2D eigenvalue weighted by atomic mass is 16.5. The van der Waals surface area contributed by atoms with E-state index in [2.05, 4.69) is 27.3 Å². The Morgan fingerprint density at radius 3 is 2.26 bits per heavy atom. The Kier molecular flexibility index (Phi) is 9.28. The van der Waals surface area contributed by atoms with E-state index in [-0.39, 0.29) is 13.2 Å². The summed E-state index contributed by atoms with van der Waals surface area (Å²) in [6, 6.07) is 21.8. The van der Waals surface area contributed by atoms with Gasteiger partial charge in [0, 0.05) is 36.9 Å². The summed E-state index contributed by atoms with van der Waals surface area (Å²) < 4.78 is 11.2. The topological polar surface area (TPSA) is 80.8 Å². The van der Waals surface area contributed by atoms with Gasteiger partial charge in [-0.1, -0.05) is 60.7 Å². The summed E-state index contributed by atoms with van der Waals surface area (Å²) >= 11 is 0. The first-order valence-electron chi connectivity index (χ1n) is 13.1. The number of pyridine rings is 1. The Hall–Kier alpha value is -4.23. The molecule has 39 heavy (non-hydrogen) atoms. The van der Waals surface area contributed by atoms with Gasteiger partial charge in [0.15, 0.2) is 0 Å². The number of rotatable bonds is 10. The van der Waals surface area contributed by atoms with E-state index in [0.29, 0.717) is 29.1 Å². The van der Waals surface area contributed by atoms with Crippen LogP contribution in [0.5, 0.6) is 0 Å². The molecule has 202 valence electrons. The van der Waals surface area contributed by atoms with Crippen molar-refractivity contribution in [2.24, 2.45) is 0 Å². The van der Waals surface area contributed by atoms with Gasteiger partial charge in [0.25, 0.3) is 0 Å². The van der Waals surface area contributed by atoms with Gasteiger partial charge in [0.2, 0.25) is 0 Å². The minimum absolute atomic E-state index is 0.221. The third-order valence-electron chi connectivity index (χ3n) is 6.69. The first-order valence-corrected chi connectivity index (χ1v) is 13.1. The number of nitrogens with zero attached hydrogens (tertiary/aromatic N) is 2. The second kappa shape index (κ2) is 13.0. The SMILES string of the molecule is CCOC(=O)C1=C(C)NC(C)=C(C(=O)OCCN(C)Cc2ccccc2)C1c1cccc(-c2cccnc2)c1. The molecule has 7 heteroatoms. The first-order chi connectivity index (χ1) is 18.9. The summed E-state index contributed by atoms with van der Waals surface area (Å²) in [4.78, 5) is 33.1. The average molecular weight is 526 g/mol. The molecule has 2 aromatic carbocycles. The molecule has 1 unspecified atom stereocenters. The molecule has 0 bridgehead atoms. The van der Waals surface area contributed by atoms with Crippen LogP contribution in [-0.4, -0.2) is 48.6 Å². The van der Waals surface area contributed by atoms with Crippen LogP contribution < -0.4 is 5.32 Å². The molecule has 1 atom stereocenters. The Morgan fingerprint density at radius 1 is 0.897 bits per heavy atom. The molecule has 2 heterocycles. The fourth-order valence-electron chi connectivity index (χ4n) is 4.85. The van der Waals surface area contributed by atoms with Gasteiger partial charge in [-0.2, -0.15) is 0 Å². The van der Waals surface area contributed by atoms with Gasteiger partial charge in [-0.25, -0.2) is 9.59 Å². The van der Waals surface area contributed by atoms with E-state index in [4.69, 9.17) is 9.47 Å². The molecule has 1 N–H and O–H groups in total. The summed E-state index contributed by atoms with van der Waals surface area (Å²) in [5, 5.41) is 3.21. The zero-order valence-corrected chi connectivity index (χ0v) is 22.9. The van der Waals surface area contributed by atoms with E-state index >= 15 is 0 Å². The van der Waals surface area contributed by atoms with Crippen molar-refractivity contribution in [2.45, 2.75) is 33.2 Å². The lowest BCUT2D eigenvalue weighted by atomic mass is 9.79. The summed E-state index contributed by atoms with van der Waals surface area (Å²) in [7, 11) is 1.99. The molecule has 1 aromatic heterocycles. The van der Waals surface area contributed by atoms with Crippen LogP contribution in [-0.2, 0) is 25.6 Å². The second-order valence-corrected chi connectivity index (χ2v) is 9.58. The Balaban J connectivity index is 1.60. The number of allylic oxidation sites excluding steroid dienone is 2.